The lowest BCUT2D eigenvalue weighted by Gasteiger charge is -2.21. The van der Waals surface area contributed by atoms with E-state index in [4.69, 9.17) is 0 Å². The van der Waals surface area contributed by atoms with Gasteiger partial charge >= 0.3 is 0 Å². The molecule has 0 saturated heterocycles. The molecule has 0 spiro atoms. The van der Waals surface area contributed by atoms with Gasteiger partial charge in [-0.25, -0.2) is 0 Å². The normalized spacial score (nSPS) is 10.2. The van der Waals surface area contributed by atoms with Crippen LogP contribution in [0.15, 0.2) is 30.3 Å². The minimum Gasteiger partial charge on any atom is -0.356 e. The van der Waals surface area contributed by atoms with Crippen LogP contribution in [0.25, 0.3) is 0 Å². The third-order valence-corrected chi connectivity index (χ3v) is 3.37. The summed E-state index contributed by atoms with van der Waals surface area (Å²) in [7, 11) is 0. The summed E-state index contributed by atoms with van der Waals surface area (Å²) in [5, 5.41) is 2.90. The molecule has 0 heterocycles. The Morgan fingerprint density at radius 2 is 1.86 bits per heavy atom. The van der Waals surface area contributed by atoms with Crippen LogP contribution in [-0.2, 0) is 16.1 Å². The van der Waals surface area contributed by atoms with E-state index in [9.17, 15) is 9.59 Å². The Labute approximate surface area is 127 Å². The minimum atomic E-state index is -0.00219. The first-order valence-corrected chi connectivity index (χ1v) is 7.69. The second-order valence-electron chi connectivity index (χ2n) is 5.23. The van der Waals surface area contributed by atoms with E-state index in [1.807, 2.05) is 30.3 Å². The zero-order valence-electron chi connectivity index (χ0n) is 13.1. The Bertz CT molecular complexity index is 432. The van der Waals surface area contributed by atoms with Crippen molar-refractivity contribution in [3.63, 3.8) is 0 Å². The molecule has 0 unspecified atom stereocenters. The van der Waals surface area contributed by atoms with Crippen LogP contribution in [0.4, 0.5) is 0 Å². The Morgan fingerprint density at radius 1 is 1.14 bits per heavy atom. The van der Waals surface area contributed by atoms with Gasteiger partial charge in [-0.3, -0.25) is 9.59 Å². The lowest BCUT2D eigenvalue weighted by atomic mass is 10.2. The molecule has 1 rings (SSSR count). The number of nitrogens with zero attached hydrogens (tertiary/aromatic N) is 1. The highest BCUT2D eigenvalue weighted by Gasteiger charge is 2.11. The number of hydrogen-bond acceptors (Lipinski definition) is 2. The van der Waals surface area contributed by atoms with Gasteiger partial charge < -0.3 is 10.2 Å². The molecule has 0 aromatic heterocycles. The quantitative estimate of drug-likeness (QED) is 0.711. The maximum atomic E-state index is 11.7. The molecule has 0 aliphatic carbocycles. The molecule has 0 fully saturated rings. The van der Waals surface area contributed by atoms with Crippen LogP contribution in [0.1, 0.15) is 45.1 Å². The van der Waals surface area contributed by atoms with Gasteiger partial charge in [0.05, 0.1) is 0 Å². The molecule has 0 aliphatic rings. The van der Waals surface area contributed by atoms with Crippen molar-refractivity contribution >= 4 is 11.8 Å². The summed E-state index contributed by atoms with van der Waals surface area (Å²) in [6, 6.07) is 9.83. The predicted molar refractivity (Wildman–Crippen MR) is 84.7 cm³/mol. The van der Waals surface area contributed by atoms with Gasteiger partial charge in [0.15, 0.2) is 0 Å². The van der Waals surface area contributed by atoms with Crippen molar-refractivity contribution in [1.82, 2.24) is 10.2 Å². The predicted octanol–water partition coefficient (Wildman–Crippen LogP) is 2.73. The monoisotopic (exact) mass is 290 g/mol. The summed E-state index contributed by atoms with van der Waals surface area (Å²) in [5.74, 6) is 0.0167. The van der Waals surface area contributed by atoms with Crippen molar-refractivity contribution in [2.45, 2.75) is 46.1 Å². The molecule has 0 radical (unpaired) electrons. The average molecular weight is 290 g/mol. The van der Waals surface area contributed by atoms with Gasteiger partial charge in [0.2, 0.25) is 11.8 Å². The Balaban J connectivity index is 2.34. The van der Waals surface area contributed by atoms with Gasteiger partial charge in [0, 0.05) is 33.0 Å². The van der Waals surface area contributed by atoms with Crippen LogP contribution in [0.3, 0.4) is 0 Å². The number of nitrogens with one attached hydrogen (secondary N) is 1. The van der Waals surface area contributed by atoms with E-state index >= 15 is 0 Å². The third-order valence-electron chi connectivity index (χ3n) is 3.37. The van der Waals surface area contributed by atoms with E-state index < -0.39 is 0 Å². The maximum Gasteiger partial charge on any atom is 0.221 e. The first-order chi connectivity index (χ1) is 10.1. The number of unbranched alkanes of at least 4 members (excludes halogenated alkanes) is 2. The standard InChI is InChI=1S/C17H26N2O2/c1-3-4-8-12-18-17(21)11-13-19(15(2)20)14-16-9-6-5-7-10-16/h5-7,9-10H,3-4,8,11-14H2,1-2H3,(H,18,21). The Hall–Kier alpha value is -1.84. The molecule has 1 N–H and O–H groups in total. The van der Waals surface area contributed by atoms with Gasteiger partial charge in [0.25, 0.3) is 0 Å². The Morgan fingerprint density at radius 3 is 2.48 bits per heavy atom. The molecular weight excluding hydrogens is 264 g/mol. The summed E-state index contributed by atoms with van der Waals surface area (Å²) >= 11 is 0. The summed E-state index contributed by atoms with van der Waals surface area (Å²) < 4.78 is 0. The first kappa shape index (κ1) is 17.2. The zero-order valence-corrected chi connectivity index (χ0v) is 13.1. The SMILES string of the molecule is CCCCCNC(=O)CCN(Cc1ccccc1)C(C)=O. The maximum absolute atomic E-state index is 11.7. The highest BCUT2D eigenvalue weighted by Crippen LogP contribution is 2.05. The second-order valence-corrected chi connectivity index (χ2v) is 5.23. The molecule has 1 aromatic carbocycles. The molecule has 0 bridgehead atoms. The highest BCUT2D eigenvalue weighted by atomic mass is 16.2. The van der Waals surface area contributed by atoms with Gasteiger partial charge in [-0.1, -0.05) is 50.1 Å². The third kappa shape index (κ3) is 7.49. The van der Waals surface area contributed by atoms with Crippen molar-refractivity contribution in [3.8, 4) is 0 Å². The van der Waals surface area contributed by atoms with Crippen molar-refractivity contribution in [2.24, 2.45) is 0 Å². The lowest BCUT2D eigenvalue weighted by molar-refractivity contribution is -0.130. The van der Waals surface area contributed by atoms with Crippen LogP contribution in [-0.4, -0.2) is 29.8 Å². The number of carbonyl (C=O) groups is 2. The Kier molecular flexibility index (Phi) is 8.17. The fraction of sp³-hybridized carbons (Fsp3) is 0.529. The molecular formula is C17H26N2O2. The van der Waals surface area contributed by atoms with E-state index in [-0.39, 0.29) is 11.8 Å². The average Bonchev–Trinajstić information content (AvgIpc) is 2.48. The molecule has 21 heavy (non-hydrogen) atoms. The molecule has 0 atom stereocenters. The van der Waals surface area contributed by atoms with Gasteiger partial charge in [-0.05, 0) is 12.0 Å². The number of carbonyl (C=O) groups excluding carboxylic acids is 2. The summed E-state index contributed by atoms with van der Waals surface area (Å²) in [5.41, 5.74) is 1.08. The highest BCUT2D eigenvalue weighted by molar-refractivity contribution is 5.77. The number of benzene rings is 1. The molecule has 116 valence electrons. The summed E-state index contributed by atoms with van der Waals surface area (Å²) in [6.45, 7) is 5.42. The number of rotatable bonds is 9. The van der Waals surface area contributed by atoms with Gasteiger partial charge in [-0.2, -0.15) is 0 Å². The molecule has 0 aliphatic heterocycles. The lowest BCUT2D eigenvalue weighted by Crippen LogP contribution is -2.33. The van der Waals surface area contributed by atoms with E-state index in [1.54, 1.807) is 11.8 Å². The summed E-state index contributed by atoms with van der Waals surface area (Å²) in [6.07, 6.45) is 3.65. The fourth-order valence-electron chi connectivity index (χ4n) is 2.08. The van der Waals surface area contributed by atoms with Crippen molar-refractivity contribution in [2.75, 3.05) is 13.1 Å². The summed E-state index contributed by atoms with van der Waals surface area (Å²) in [4.78, 5) is 25.1. The smallest absolute Gasteiger partial charge is 0.221 e. The minimum absolute atomic E-state index is 0.00219. The van der Waals surface area contributed by atoms with Crippen LogP contribution in [0.5, 0.6) is 0 Å². The largest absolute Gasteiger partial charge is 0.356 e. The van der Waals surface area contributed by atoms with E-state index in [0.29, 0.717) is 19.5 Å². The topological polar surface area (TPSA) is 49.4 Å². The van der Waals surface area contributed by atoms with E-state index in [2.05, 4.69) is 12.2 Å². The van der Waals surface area contributed by atoms with Crippen molar-refractivity contribution in [1.29, 1.82) is 0 Å². The van der Waals surface area contributed by atoms with Crippen LogP contribution >= 0.6 is 0 Å². The number of hydrogen-bond donors (Lipinski definition) is 1. The van der Waals surface area contributed by atoms with Crippen LogP contribution < -0.4 is 5.32 Å². The molecule has 0 saturated carbocycles. The van der Waals surface area contributed by atoms with Crippen LogP contribution in [0, 0.1) is 0 Å². The molecule has 1 aromatic rings. The second kappa shape index (κ2) is 9.97. The van der Waals surface area contributed by atoms with Crippen molar-refractivity contribution < 1.29 is 9.59 Å². The van der Waals surface area contributed by atoms with Gasteiger partial charge in [-0.15, -0.1) is 0 Å². The molecule has 4 heteroatoms. The fourth-order valence-corrected chi connectivity index (χ4v) is 2.08. The molecule has 4 nitrogen and oxygen atoms in total. The molecule has 2 amide bonds. The number of amides is 2. The van der Waals surface area contributed by atoms with Crippen LogP contribution in [0.2, 0.25) is 0 Å². The van der Waals surface area contributed by atoms with Gasteiger partial charge in [0.1, 0.15) is 0 Å². The van der Waals surface area contributed by atoms with Crippen molar-refractivity contribution in [3.05, 3.63) is 35.9 Å². The zero-order chi connectivity index (χ0) is 15.5. The van der Waals surface area contributed by atoms with E-state index in [1.165, 1.54) is 0 Å². The first-order valence-electron chi connectivity index (χ1n) is 7.69. The van der Waals surface area contributed by atoms with E-state index in [0.717, 1.165) is 31.4 Å².